The Morgan fingerprint density at radius 1 is 1.43 bits per heavy atom. The van der Waals surface area contributed by atoms with Gasteiger partial charge in [-0.15, -0.1) is 0 Å². The van der Waals surface area contributed by atoms with Crippen LogP contribution in [0.15, 0.2) is 34.9 Å². The molecule has 1 heterocycles. The molecule has 14 heavy (non-hydrogen) atoms. The molecule has 4 heteroatoms. The molecule has 2 aromatic rings. The highest BCUT2D eigenvalue weighted by Gasteiger charge is 2.01. The van der Waals surface area contributed by atoms with E-state index < -0.39 is 0 Å². The average molecular weight is 253 g/mol. The summed E-state index contributed by atoms with van der Waals surface area (Å²) >= 11 is 3.40. The largest absolute Gasteiger partial charge is 0.274 e. The van der Waals surface area contributed by atoms with Crippen LogP contribution >= 0.6 is 15.9 Å². The van der Waals surface area contributed by atoms with E-state index >= 15 is 0 Å². The molecule has 1 N–H and O–H groups in total. The van der Waals surface area contributed by atoms with Crippen molar-refractivity contribution >= 4 is 32.7 Å². The topological polar surface area (TPSA) is 34.0 Å². The van der Waals surface area contributed by atoms with E-state index in [9.17, 15) is 4.79 Å². The number of amides is 1. The molecule has 0 aliphatic heterocycles. The molecule has 0 fully saturated rings. The van der Waals surface area contributed by atoms with Gasteiger partial charge in [-0.25, -0.2) is 0 Å². The van der Waals surface area contributed by atoms with Crippen molar-refractivity contribution in [2.45, 2.75) is 6.92 Å². The summed E-state index contributed by atoms with van der Waals surface area (Å²) in [4.78, 5) is 10.9. The van der Waals surface area contributed by atoms with Gasteiger partial charge < -0.3 is 0 Å². The van der Waals surface area contributed by atoms with Crippen molar-refractivity contribution < 1.29 is 4.79 Å². The number of rotatable bonds is 1. The lowest BCUT2D eigenvalue weighted by Crippen LogP contribution is -2.18. The molecule has 1 aromatic carbocycles. The second-order valence-electron chi connectivity index (χ2n) is 3.06. The molecule has 0 aliphatic rings. The first-order chi connectivity index (χ1) is 6.66. The van der Waals surface area contributed by atoms with Crippen molar-refractivity contribution in [3.63, 3.8) is 0 Å². The van der Waals surface area contributed by atoms with Crippen molar-refractivity contribution in [2.75, 3.05) is 5.43 Å². The number of carbonyl (C=O) groups is 1. The fraction of sp³-hybridized carbons (Fsp3) is 0.100. The highest BCUT2D eigenvalue weighted by atomic mass is 79.9. The van der Waals surface area contributed by atoms with Gasteiger partial charge in [-0.3, -0.25) is 14.9 Å². The van der Waals surface area contributed by atoms with E-state index in [-0.39, 0.29) is 5.91 Å². The molecule has 0 saturated heterocycles. The number of nitrogens with one attached hydrogen (secondary N) is 1. The van der Waals surface area contributed by atoms with E-state index in [1.54, 1.807) is 4.68 Å². The normalized spacial score (nSPS) is 10.4. The molecular weight excluding hydrogens is 244 g/mol. The van der Waals surface area contributed by atoms with Gasteiger partial charge in [-0.2, -0.15) is 0 Å². The molecule has 1 amide bonds. The molecule has 0 aliphatic carbocycles. The Bertz CT molecular complexity index is 490. The minimum atomic E-state index is -0.0783. The van der Waals surface area contributed by atoms with Gasteiger partial charge >= 0.3 is 0 Å². The first kappa shape index (κ1) is 9.27. The van der Waals surface area contributed by atoms with Crippen LogP contribution in [-0.4, -0.2) is 10.6 Å². The third kappa shape index (κ3) is 1.65. The summed E-state index contributed by atoms with van der Waals surface area (Å²) in [6.45, 7) is 1.49. The molecule has 72 valence electrons. The van der Waals surface area contributed by atoms with Crippen LogP contribution in [0.2, 0.25) is 0 Å². The fourth-order valence-corrected chi connectivity index (χ4v) is 1.76. The van der Waals surface area contributed by atoms with Crippen LogP contribution < -0.4 is 5.43 Å². The first-order valence-corrected chi connectivity index (χ1v) is 5.00. The minimum Gasteiger partial charge on any atom is -0.274 e. The SMILES string of the molecule is CC(=O)Nn1ccc2cc(Br)ccc21. The van der Waals surface area contributed by atoms with Gasteiger partial charge in [0.15, 0.2) is 0 Å². The quantitative estimate of drug-likeness (QED) is 0.832. The zero-order valence-corrected chi connectivity index (χ0v) is 9.21. The van der Waals surface area contributed by atoms with Crippen molar-refractivity contribution in [3.8, 4) is 0 Å². The lowest BCUT2D eigenvalue weighted by Gasteiger charge is -2.04. The van der Waals surface area contributed by atoms with Crippen molar-refractivity contribution in [3.05, 3.63) is 34.9 Å². The van der Waals surface area contributed by atoms with Gasteiger partial charge in [0.2, 0.25) is 5.91 Å². The van der Waals surface area contributed by atoms with E-state index in [2.05, 4.69) is 21.4 Å². The standard InChI is InChI=1S/C10H9BrN2O/c1-7(14)12-13-5-4-8-6-9(11)2-3-10(8)13/h2-6H,1H3,(H,12,14). The van der Waals surface area contributed by atoms with Gasteiger partial charge in [0.1, 0.15) is 0 Å². The second kappa shape index (κ2) is 3.46. The van der Waals surface area contributed by atoms with Gasteiger partial charge in [0, 0.05) is 23.0 Å². The number of hydrogen-bond acceptors (Lipinski definition) is 1. The maximum Gasteiger partial charge on any atom is 0.235 e. The molecular formula is C10H9BrN2O. The number of hydrogen-bond donors (Lipinski definition) is 1. The Morgan fingerprint density at radius 2 is 2.21 bits per heavy atom. The fourth-order valence-electron chi connectivity index (χ4n) is 1.38. The molecule has 3 nitrogen and oxygen atoms in total. The average Bonchev–Trinajstić information content (AvgIpc) is 2.47. The highest BCUT2D eigenvalue weighted by molar-refractivity contribution is 9.10. The maximum absolute atomic E-state index is 10.9. The monoisotopic (exact) mass is 252 g/mol. The number of fused-ring (bicyclic) bond motifs is 1. The Kier molecular flexibility index (Phi) is 2.29. The Hall–Kier alpha value is -1.29. The van der Waals surface area contributed by atoms with Crippen LogP contribution in [0.3, 0.4) is 0 Å². The number of nitrogens with zero attached hydrogens (tertiary/aromatic N) is 1. The second-order valence-corrected chi connectivity index (χ2v) is 3.97. The van der Waals surface area contributed by atoms with Crippen molar-refractivity contribution in [1.29, 1.82) is 0 Å². The molecule has 0 atom stereocenters. The van der Waals surface area contributed by atoms with Crippen LogP contribution in [0.5, 0.6) is 0 Å². The summed E-state index contributed by atoms with van der Waals surface area (Å²) in [6, 6.07) is 7.86. The lowest BCUT2D eigenvalue weighted by molar-refractivity contribution is -0.115. The summed E-state index contributed by atoms with van der Waals surface area (Å²) < 4.78 is 2.75. The maximum atomic E-state index is 10.9. The van der Waals surface area contributed by atoms with E-state index in [0.717, 1.165) is 15.4 Å². The summed E-state index contributed by atoms with van der Waals surface area (Å²) in [5.41, 5.74) is 3.70. The van der Waals surface area contributed by atoms with Crippen LogP contribution in [0.4, 0.5) is 0 Å². The number of carbonyl (C=O) groups excluding carboxylic acids is 1. The summed E-state index contributed by atoms with van der Waals surface area (Å²) in [5.74, 6) is -0.0783. The van der Waals surface area contributed by atoms with E-state index in [4.69, 9.17) is 0 Å². The Balaban J connectivity index is 2.52. The van der Waals surface area contributed by atoms with E-state index in [1.807, 2.05) is 30.5 Å². The van der Waals surface area contributed by atoms with Gasteiger partial charge in [0.25, 0.3) is 0 Å². The molecule has 0 spiro atoms. The third-order valence-electron chi connectivity index (χ3n) is 1.93. The van der Waals surface area contributed by atoms with Crippen molar-refractivity contribution in [2.24, 2.45) is 0 Å². The highest BCUT2D eigenvalue weighted by Crippen LogP contribution is 2.19. The number of halogens is 1. The predicted octanol–water partition coefficient (Wildman–Crippen LogP) is 2.49. The molecule has 1 aromatic heterocycles. The van der Waals surface area contributed by atoms with Crippen LogP contribution in [0.25, 0.3) is 10.9 Å². The summed E-state index contributed by atoms with van der Waals surface area (Å²) in [5, 5.41) is 1.09. The van der Waals surface area contributed by atoms with Gasteiger partial charge in [-0.05, 0) is 24.3 Å². The van der Waals surface area contributed by atoms with E-state index in [1.165, 1.54) is 6.92 Å². The lowest BCUT2D eigenvalue weighted by atomic mass is 10.2. The van der Waals surface area contributed by atoms with Crippen molar-refractivity contribution in [1.82, 2.24) is 4.68 Å². The predicted molar refractivity (Wildman–Crippen MR) is 59.7 cm³/mol. The molecule has 0 unspecified atom stereocenters. The van der Waals surface area contributed by atoms with Crippen LogP contribution in [-0.2, 0) is 4.79 Å². The molecule has 0 bridgehead atoms. The zero-order valence-electron chi connectivity index (χ0n) is 7.62. The summed E-state index contributed by atoms with van der Waals surface area (Å²) in [6.07, 6.45) is 1.83. The Morgan fingerprint density at radius 3 is 2.93 bits per heavy atom. The number of benzene rings is 1. The molecule has 2 rings (SSSR count). The molecule has 0 radical (unpaired) electrons. The first-order valence-electron chi connectivity index (χ1n) is 4.21. The van der Waals surface area contributed by atoms with Crippen LogP contribution in [0.1, 0.15) is 6.92 Å². The van der Waals surface area contributed by atoms with E-state index in [0.29, 0.717) is 0 Å². The summed E-state index contributed by atoms with van der Waals surface area (Å²) in [7, 11) is 0. The smallest absolute Gasteiger partial charge is 0.235 e. The number of aromatic nitrogens is 1. The zero-order chi connectivity index (χ0) is 10.1. The van der Waals surface area contributed by atoms with Gasteiger partial charge in [-0.1, -0.05) is 15.9 Å². The minimum absolute atomic E-state index is 0.0783. The third-order valence-corrected chi connectivity index (χ3v) is 2.42. The molecule has 0 saturated carbocycles. The Labute approximate surface area is 89.8 Å². The van der Waals surface area contributed by atoms with Crippen LogP contribution in [0, 0.1) is 0 Å². The van der Waals surface area contributed by atoms with Gasteiger partial charge in [0.05, 0.1) is 5.52 Å².